The Morgan fingerprint density at radius 2 is 2.00 bits per heavy atom. The van der Waals surface area contributed by atoms with Crippen molar-refractivity contribution in [1.82, 2.24) is 4.90 Å². The fraction of sp³-hybridized carbons (Fsp3) is 0.840. The number of aliphatic hydroxyl groups excluding tert-OH is 1. The lowest BCUT2D eigenvalue weighted by Crippen LogP contribution is -2.23. The summed E-state index contributed by atoms with van der Waals surface area (Å²) in [6.07, 6.45) is 19.2. The van der Waals surface area contributed by atoms with Crippen molar-refractivity contribution in [3.05, 3.63) is 23.8 Å². The molecule has 1 saturated heterocycles. The summed E-state index contributed by atoms with van der Waals surface area (Å²) >= 11 is 0. The Kier molecular flexibility index (Phi) is 8.20. The number of aliphatic hydroxyl groups is 2. The number of rotatable bonds is 11. The first-order valence-electron chi connectivity index (χ1n) is 12.0. The van der Waals surface area contributed by atoms with Crippen LogP contribution in [0.25, 0.3) is 0 Å². The molecule has 2 N–H and O–H groups in total. The van der Waals surface area contributed by atoms with E-state index in [2.05, 4.69) is 30.1 Å². The number of nitrogens with zero attached hydrogens (tertiary/aromatic N) is 1. The molecule has 2 fully saturated rings. The molecule has 5 atom stereocenters. The molecular formula is C25H43NO2. The van der Waals surface area contributed by atoms with Gasteiger partial charge in [-0.3, -0.25) is 0 Å². The Bertz CT molecular complexity index is 533. The van der Waals surface area contributed by atoms with Crippen LogP contribution in [0.5, 0.6) is 0 Å². The molecule has 0 aromatic rings. The van der Waals surface area contributed by atoms with Gasteiger partial charge in [-0.1, -0.05) is 43.6 Å². The van der Waals surface area contributed by atoms with Gasteiger partial charge in [-0.15, -0.1) is 0 Å². The van der Waals surface area contributed by atoms with E-state index in [0.29, 0.717) is 18.3 Å². The van der Waals surface area contributed by atoms with E-state index in [1.54, 1.807) is 5.57 Å². The molecule has 3 heteroatoms. The summed E-state index contributed by atoms with van der Waals surface area (Å²) in [5, 5.41) is 21.0. The normalized spacial score (nSPS) is 32.8. The zero-order valence-electron chi connectivity index (χ0n) is 18.3. The Morgan fingerprint density at radius 3 is 2.75 bits per heavy atom. The fourth-order valence-electron chi connectivity index (χ4n) is 5.62. The SMILES string of the molecule is CCCC[C@](C)(O)CC=C[C@@H]1[C@H]2CC(CCCCN3CCCC3)=C[C@H]2C[C@H]1O. The highest BCUT2D eigenvalue weighted by molar-refractivity contribution is 5.20. The third-order valence-electron chi connectivity index (χ3n) is 7.36. The first kappa shape index (κ1) is 22.1. The van der Waals surface area contributed by atoms with Crippen molar-refractivity contribution in [2.24, 2.45) is 17.8 Å². The summed E-state index contributed by atoms with van der Waals surface area (Å²) in [7, 11) is 0. The number of hydrogen-bond donors (Lipinski definition) is 2. The van der Waals surface area contributed by atoms with Crippen LogP contribution in [0.1, 0.15) is 84.5 Å². The van der Waals surface area contributed by atoms with Crippen molar-refractivity contribution in [2.45, 2.75) is 96.2 Å². The van der Waals surface area contributed by atoms with Crippen LogP contribution < -0.4 is 0 Å². The van der Waals surface area contributed by atoms with Gasteiger partial charge in [0.05, 0.1) is 11.7 Å². The van der Waals surface area contributed by atoms with Gasteiger partial charge in [0.25, 0.3) is 0 Å². The van der Waals surface area contributed by atoms with Crippen LogP contribution in [-0.4, -0.2) is 46.5 Å². The predicted molar refractivity (Wildman–Crippen MR) is 117 cm³/mol. The second-order valence-corrected chi connectivity index (χ2v) is 9.98. The molecule has 0 aromatic heterocycles. The quantitative estimate of drug-likeness (QED) is 0.382. The van der Waals surface area contributed by atoms with Crippen molar-refractivity contribution in [3.63, 3.8) is 0 Å². The van der Waals surface area contributed by atoms with E-state index >= 15 is 0 Å². The first-order chi connectivity index (χ1) is 13.5. The van der Waals surface area contributed by atoms with Crippen molar-refractivity contribution in [3.8, 4) is 0 Å². The van der Waals surface area contributed by atoms with Crippen LogP contribution in [0.3, 0.4) is 0 Å². The minimum absolute atomic E-state index is 0.209. The molecule has 0 bridgehead atoms. The first-order valence-corrected chi connectivity index (χ1v) is 12.0. The Labute approximate surface area is 172 Å². The number of hydrogen-bond acceptors (Lipinski definition) is 3. The molecule has 1 saturated carbocycles. The summed E-state index contributed by atoms with van der Waals surface area (Å²) < 4.78 is 0. The standard InChI is InChI=1S/C25H43NO2/c1-3-4-12-25(2,28)13-9-11-22-23-18-20(17-21(23)19-24(22)27)10-5-6-14-26-15-7-8-16-26/h9,11,17,21-24,27-28H,3-8,10,12-16,18-19H2,1-2H3/t21-,22+,23-,24+,25-/m0/s1. The van der Waals surface area contributed by atoms with Gasteiger partial charge < -0.3 is 15.1 Å². The maximum atomic E-state index is 10.5. The number of fused-ring (bicyclic) bond motifs is 1. The second-order valence-electron chi connectivity index (χ2n) is 9.98. The fourth-order valence-corrected chi connectivity index (χ4v) is 5.62. The number of likely N-dealkylation sites (tertiary alicyclic amines) is 1. The zero-order chi connectivity index (χ0) is 20.0. The lowest BCUT2D eigenvalue weighted by Gasteiger charge is -2.22. The largest absolute Gasteiger partial charge is 0.392 e. The van der Waals surface area contributed by atoms with Gasteiger partial charge >= 0.3 is 0 Å². The number of allylic oxidation sites excluding steroid dienone is 2. The molecule has 0 radical (unpaired) electrons. The maximum Gasteiger partial charge on any atom is 0.0654 e. The topological polar surface area (TPSA) is 43.7 Å². The zero-order valence-corrected chi connectivity index (χ0v) is 18.3. The summed E-state index contributed by atoms with van der Waals surface area (Å²) in [5.74, 6) is 1.42. The van der Waals surface area contributed by atoms with Gasteiger partial charge in [-0.05, 0) is 96.2 Å². The van der Waals surface area contributed by atoms with Crippen molar-refractivity contribution in [1.29, 1.82) is 0 Å². The van der Waals surface area contributed by atoms with E-state index in [0.717, 1.165) is 25.7 Å². The molecule has 0 unspecified atom stereocenters. The van der Waals surface area contributed by atoms with Gasteiger partial charge in [0, 0.05) is 5.92 Å². The maximum absolute atomic E-state index is 10.5. The average Bonchev–Trinajstić information content (AvgIpc) is 3.35. The molecule has 3 aliphatic rings. The molecule has 28 heavy (non-hydrogen) atoms. The molecule has 1 heterocycles. The van der Waals surface area contributed by atoms with Crippen LogP contribution in [-0.2, 0) is 0 Å². The summed E-state index contributed by atoms with van der Waals surface area (Å²) in [4.78, 5) is 2.62. The summed E-state index contributed by atoms with van der Waals surface area (Å²) in [6, 6.07) is 0. The molecule has 3 rings (SSSR count). The highest BCUT2D eigenvalue weighted by Gasteiger charge is 2.43. The van der Waals surface area contributed by atoms with E-state index in [4.69, 9.17) is 0 Å². The van der Waals surface area contributed by atoms with Crippen LogP contribution in [0.4, 0.5) is 0 Å². The van der Waals surface area contributed by atoms with Gasteiger partial charge in [-0.25, -0.2) is 0 Å². The van der Waals surface area contributed by atoms with Gasteiger partial charge in [0.2, 0.25) is 0 Å². The third kappa shape index (κ3) is 6.18. The highest BCUT2D eigenvalue weighted by Crippen LogP contribution is 2.48. The Balaban J connectivity index is 1.41. The molecule has 0 amide bonds. The van der Waals surface area contributed by atoms with Gasteiger partial charge in [0.1, 0.15) is 0 Å². The van der Waals surface area contributed by atoms with Crippen molar-refractivity contribution in [2.75, 3.05) is 19.6 Å². The molecule has 2 aliphatic carbocycles. The molecule has 0 aromatic carbocycles. The average molecular weight is 390 g/mol. The Morgan fingerprint density at radius 1 is 1.21 bits per heavy atom. The Hall–Kier alpha value is -0.640. The van der Waals surface area contributed by atoms with E-state index in [1.165, 1.54) is 58.2 Å². The lowest BCUT2D eigenvalue weighted by molar-refractivity contribution is 0.0513. The predicted octanol–water partition coefficient (Wildman–Crippen LogP) is 5.08. The van der Waals surface area contributed by atoms with E-state index in [1.807, 2.05) is 6.92 Å². The third-order valence-corrected chi connectivity index (χ3v) is 7.36. The highest BCUT2D eigenvalue weighted by atomic mass is 16.3. The van der Waals surface area contributed by atoms with Crippen molar-refractivity contribution < 1.29 is 10.2 Å². The van der Waals surface area contributed by atoms with Crippen LogP contribution in [0.15, 0.2) is 23.8 Å². The molecule has 160 valence electrons. The second kappa shape index (κ2) is 10.4. The minimum Gasteiger partial charge on any atom is -0.392 e. The van der Waals surface area contributed by atoms with E-state index < -0.39 is 5.60 Å². The monoisotopic (exact) mass is 389 g/mol. The van der Waals surface area contributed by atoms with Crippen molar-refractivity contribution >= 4 is 0 Å². The molecule has 1 aliphatic heterocycles. The van der Waals surface area contributed by atoms with Gasteiger partial charge in [0.15, 0.2) is 0 Å². The number of unbranched alkanes of at least 4 members (excludes halogenated alkanes) is 2. The van der Waals surface area contributed by atoms with E-state index in [-0.39, 0.29) is 12.0 Å². The summed E-state index contributed by atoms with van der Waals surface area (Å²) in [5.41, 5.74) is 1.03. The van der Waals surface area contributed by atoms with Crippen LogP contribution in [0, 0.1) is 17.8 Å². The summed E-state index contributed by atoms with van der Waals surface area (Å²) in [6.45, 7) is 8.01. The van der Waals surface area contributed by atoms with Crippen LogP contribution in [0.2, 0.25) is 0 Å². The smallest absolute Gasteiger partial charge is 0.0654 e. The molecule has 3 nitrogen and oxygen atoms in total. The lowest BCUT2D eigenvalue weighted by atomic mass is 9.87. The van der Waals surface area contributed by atoms with Crippen LogP contribution >= 0.6 is 0 Å². The molecular weight excluding hydrogens is 346 g/mol. The van der Waals surface area contributed by atoms with E-state index in [9.17, 15) is 10.2 Å². The van der Waals surface area contributed by atoms with Gasteiger partial charge in [-0.2, -0.15) is 0 Å². The molecule has 0 spiro atoms. The minimum atomic E-state index is -0.607.